The summed E-state index contributed by atoms with van der Waals surface area (Å²) in [5, 5.41) is 3.05. The molecule has 0 aliphatic carbocycles. The van der Waals surface area contributed by atoms with Gasteiger partial charge >= 0.3 is 0 Å². The molecule has 0 spiro atoms. The second kappa shape index (κ2) is 8.11. The van der Waals surface area contributed by atoms with Crippen molar-refractivity contribution in [3.63, 3.8) is 0 Å². The fourth-order valence-electron chi connectivity index (χ4n) is 2.84. The van der Waals surface area contributed by atoms with E-state index in [9.17, 15) is 4.79 Å². The number of thioether (sulfide) groups is 1. The smallest absolute Gasteiger partial charge is 0.234 e. The summed E-state index contributed by atoms with van der Waals surface area (Å²) < 4.78 is 5.21. The Hall–Kier alpha value is -2.14. The molecule has 1 aliphatic heterocycles. The van der Waals surface area contributed by atoms with Crippen LogP contribution in [0.5, 0.6) is 5.75 Å². The Labute approximate surface area is 147 Å². The largest absolute Gasteiger partial charge is 0.497 e. The normalized spacial score (nSPS) is 13.8. The van der Waals surface area contributed by atoms with E-state index in [0.717, 1.165) is 35.1 Å². The number of methoxy groups -OCH3 is 1. The van der Waals surface area contributed by atoms with Crippen molar-refractivity contribution in [2.24, 2.45) is 0 Å². The molecule has 2 aromatic rings. The van der Waals surface area contributed by atoms with Gasteiger partial charge in [-0.15, -0.1) is 11.8 Å². The molecule has 0 atom stereocenters. The maximum Gasteiger partial charge on any atom is 0.234 e. The molecule has 4 nitrogen and oxygen atoms in total. The molecule has 1 aliphatic rings. The summed E-state index contributed by atoms with van der Waals surface area (Å²) in [6, 6.07) is 15.8. The van der Waals surface area contributed by atoms with E-state index < -0.39 is 0 Å². The van der Waals surface area contributed by atoms with E-state index in [2.05, 4.69) is 16.3 Å². The Balaban J connectivity index is 1.60. The van der Waals surface area contributed by atoms with Crippen molar-refractivity contribution >= 4 is 29.0 Å². The molecule has 1 N–H and O–H groups in total. The molecule has 1 fully saturated rings. The minimum Gasteiger partial charge on any atom is -0.497 e. The predicted molar refractivity (Wildman–Crippen MR) is 100 cm³/mol. The number of para-hydroxylation sites is 2. The number of carbonyl (C=O) groups is 1. The van der Waals surface area contributed by atoms with Gasteiger partial charge in [0.2, 0.25) is 5.91 Å². The monoisotopic (exact) mass is 342 g/mol. The summed E-state index contributed by atoms with van der Waals surface area (Å²) in [6.07, 6.45) is 2.43. The Kier molecular flexibility index (Phi) is 5.64. The lowest BCUT2D eigenvalue weighted by atomic mass is 10.2. The number of hydrogen-bond acceptors (Lipinski definition) is 4. The molecule has 1 heterocycles. The summed E-state index contributed by atoms with van der Waals surface area (Å²) >= 11 is 1.51. The summed E-state index contributed by atoms with van der Waals surface area (Å²) in [5.74, 6) is 1.19. The van der Waals surface area contributed by atoms with Crippen LogP contribution in [0.2, 0.25) is 0 Å². The molecule has 1 saturated heterocycles. The zero-order valence-corrected chi connectivity index (χ0v) is 14.6. The van der Waals surface area contributed by atoms with Gasteiger partial charge in [0.05, 0.1) is 24.2 Å². The van der Waals surface area contributed by atoms with Gasteiger partial charge < -0.3 is 15.0 Å². The SMILES string of the molecule is COc1cccc(SCC(=O)Nc2ccccc2N2CCCC2)c1. The van der Waals surface area contributed by atoms with Crippen molar-refractivity contribution in [2.75, 3.05) is 36.2 Å². The lowest BCUT2D eigenvalue weighted by Crippen LogP contribution is -2.21. The molecule has 0 saturated carbocycles. The lowest BCUT2D eigenvalue weighted by Gasteiger charge is -2.21. The average molecular weight is 342 g/mol. The van der Waals surface area contributed by atoms with Crippen molar-refractivity contribution in [3.8, 4) is 5.75 Å². The van der Waals surface area contributed by atoms with Crippen molar-refractivity contribution < 1.29 is 9.53 Å². The molecule has 0 radical (unpaired) electrons. The van der Waals surface area contributed by atoms with E-state index in [4.69, 9.17) is 4.74 Å². The molecule has 3 rings (SSSR count). The lowest BCUT2D eigenvalue weighted by molar-refractivity contribution is -0.113. The Morgan fingerprint density at radius 2 is 1.96 bits per heavy atom. The Bertz CT molecular complexity index is 699. The summed E-state index contributed by atoms with van der Waals surface area (Å²) in [7, 11) is 1.64. The first-order chi connectivity index (χ1) is 11.8. The first kappa shape index (κ1) is 16.7. The van der Waals surface area contributed by atoms with Crippen LogP contribution in [0, 0.1) is 0 Å². The zero-order valence-electron chi connectivity index (χ0n) is 13.8. The molecule has 5 heteroatoms. The van der Waals surface area contributed by atoms with Gasteiger partial charge in [-0.1, -0.05) is 18.2 Å². The van der Waals surface area contributed by atoms with Gasteiger partial charge in [-0.25, -0.2) is 0 Å². The van der Waals surface area contributed by atoms with Crippen LogP contribution in [0.4, 0.5) is 11.4 Å². The van der Waals surface area contributed by atoms with Crippen LogP contribution in [0.25, 0.3) is 0 Å². The van der Waals surface area contributed by atoms with Gasteiger partial charge in [-0.2, -0.15) is 0 Å². The third kappa shape index (κ3) is 4.23. The van der Waals surface area contributed by atoms with E-state index in [-0.39, 0.29) is 5.91 Å². The number of hydrogen-bond donors (Lipinski definition) is 1. The number of anilines is 2. The highest BCUT2D eigenvalue weighted by atomic mass is 32.2. The third-order valence-corrected chi connectivity index (χ3v) is 5.03. The van der Waals surface area contributed by atoms with Gasteiger partial charge in [-0.05, 0) is 43.2 Å². The number of nitrogens with zero attached hydrogens (tertiary/aromatic N) is 1. The van der Waals surface area contributed by atoms with Crippen molar-refractivity contribution in [1.82, 2.24) is 0 Å². The molecule has 0 unspecified atom stereocenters. The van der Waals surface area contributed by atoms with Gasteiger partial charge in [0.25, 0.3) is 0 Å². The highest BCUT2D eigenvalue weighted by molar-refractivity contribution is 8.00. The number of nitrogens with one attached hydrogen (secondary N) is 1. The quantitative estimate of drug-likeness (QED) is 0.805. The van der Waals surface area contributed by atoms with E-state index >= 15 is 0 Å². The third-order valence-electron chi connectivity index (χ3n) is 4.04. The standard InChI is InChI=1S/C19H22N2O2S/c1-23-15-7-6-8-16(13-15)24-14-19(22)20-17-9-2-3-10-18(17)21-11-4-5-12-21/h2-3,6-10,13H,4-5,11-12,14H2,1H3,(H,20,22). The first-order valence-corrected chi connectivity index (χ1v) is 9.15. The molecule has 0 aromatic heterocycles. The maximum atomic E-state index is 12.3. The molecular formula is C19H22N2O2S. The topological polar surface area (TPSA) is 41.6 Å². The van der Waals surface area contributed by atoms with E-state index in [1.165, 1.54) is 24.6 Å². The second-order valence-electron chi connectivity index (χ2n) is 5.73. The van der Waals surface area contributed by atoms with Crippen molar-refractivity contribution in [1.29, 1.82) is 0 Å². The molecule has 1 amide bonds. The van der Waals surface area contributed by atoms with Crippen LogP contribution in [-0.4, -0.2) is 31.9 Å². The predicted octanol–water partition coefficient (Wildman–Crippen LogP) is 4.03. The van der Waals surface area contributed by atoms with Crippen LogP contribution >= 0.6 is 11.8 Å². The average Bonchev–Trinajstić information content (AvgIpc) is 3.15. The molecule has 126 valence electrons. The fraction of sp³-hybridized carbons (Fsp3) is 0.316. The van der Waals surface area contributed by atoms with Crippen LogP contribution in [0.1, 0.15) is 12.8 Å². The van der Waals surface area contributed by atoms with Gasteiger partial charge in [-0.3, -0.25) is 4.79 Å². The summed E-state index contributed by atoms with van der Waals surface area (Å²) in [4.78, 5) is 15.7. The Morgan fingerprint density at radius 1 is 1.17 bits per heavy atom. The second-order valence-corrected chi connectivity index (χ2v) is 6.78. The first-order valence-electron chi connectivity index (χ1n) is 8.17. The van der Waals surface area contributed by atoms with E-state index in [0.29, 0.717) is 5.75 Å². The van der Waals surface area contributed by atoms with Crippen molar-refractivity contribution in [2.45, 2.75) is 17.7 Å². The van der Waals surface area contributed by atoms with Crippen LogP contribution in [0.3, 0.4) is 0 Å². The van der Waals surface area contributed by atoms with Crippen molar-refractivity contribution in [3.05, 3.63) is 48.5 Å². The summed E-state index contributed by atoms with van der Waals surface area (Å²) in [6.45, 7) is 2.12. The molecule has 0 bridgehead atoms. The van der Waals surface area contributed by atoms with Gasteiger partial charge in [0.1, 0.15) is 5.75 Å². The maximum absolute atomic E-state index is 12.3. The van der Waals surface area contributed by atoms with Gasteiger partial charge in [0, 0.05) is 18.0 Å². The number of ether oxygens (including phenoxy) is 1. The molecular weight excluding hydrogens is 320 g/mol. The highest BCUT2D eigenvalue weighted by Crippen LogP contribution is 2.29. The Morgan fingerprint density at radius 3 is 2.75 bits per heavy atom. The minimum absolute atomic E-state index is 0.00877. The fourth-order valence-corrected chi connectivity index (χ4v) is 3.58. The molecule has 24 heavy (non-hydrogen) atoms. The minimum atomic E-state index is 0.00877. The number of amides is 1. The van der Waals surface area contributed by atoms with Crippen LogP contribution < -0.4 is 15.0 Å². The highest BCUT2D eigenvalue weighted by Gasteiger charge is 2.16. The molecule has 2 aromatic carbocycles. The van der Waals surface area contributed by atoms with Crippen LogP contribution in [0.15, 0.2) is 53.4 Å². The van der Waals surface area contributed by atoms with E-state index in [1.54, 1.807) is 7.11 Å². The number of benzene rings is 2. The summed E-state index contributed by atoms with van der Waals surface area (Å²) in [5.41, 5.74) is 2.02. The van der Waals surface area contributed by atoms with Crippen LogP contribution in [-0.2, 0) is 4.79 Å². The zero-order chi connectivity index (χ0) is 16.8. The van der Waals surface area contributed by atoms with E-state index in [1.807, 2.05) is 42.5 Å². The number of rotatable bonds is 6. The number of carbonyl (C=O) groups excluding carboxylic acids is 1. The van der Waals surface area contributed by atoms with Gasteiger partial charge in [0.15, 0.2) is 0 Å².